The van der Waals surface area contributed by atoms with Gasteiger partial charge in [-0.05, 0) is 68.7 Å². The van der Waals surface area contributed by atoms with Crippen LogP contribution in [0.2, 0.25) is 0 Å². The number of anilines is 1. The largest absolute Gasteiger partial charge is 1.00 e. The second kappa shape index (κ2) is 16.7. The molecule has 0 atom stereocenters. The molecular formula is C32H38N2Na2O11S3. The van der Waals surface area contributed by atoms with Crippen molar-refractivity contribution in [3.63, 3.8) is 0 Å². The SMILES string of the molecule is CC1(C)C(/C=C/C=C2/N(CCCCCC(=O)O)c3ccc(S(=O)(=O)[O-])cc3C2(C)C)=[N+](CCCS(=O)(=O)[O-])c2ccc(S(=O)(=O)[O-])cc21.[Na+].[Na+]. The topological polar surface area (TPSA) is 215 Å². The Hall–Kier alpha value is -1.41. The van der Waals surface area contributed by atoms with Gasteiger partial charge in [-0.25, -0.2) is 25.3 Å². The molecule has 2 aliphatic heterocycles. The molecule has 2 heterocycles. The zero-order valence-electron chi connectivity index (χ0n) is 29.0. The second-order valence-corrected chi connectivity index (χ2v) is 17.2. The molecule has 50 heavy (non-hydrogen) atoms. The van der Waals surface area contributed by atoms with Gasteiger partial charge in [0, 0.05) is 59.6 Å². The Kier molecular flexibility index (Phi) is 15.0. The molecule has 0 radical (unpaired) electrons. The van der Waals surface area contributed by atoms with Crippen LogP contribution in [0.4, 0.5) is 11.4 Å². The van der Waals surface area contributed by atoms with Crippen LogP contribution in [0.3, 0.4) is 0 Å². The number of fused-ring (bicyclic) bond motifs is 2. The van der Waals surface area contributed by atoms with E-state index < -0.39 is 57.8 Å². The Labute approximate surface area is 338 Å². The van der Waals surface area contributed by atoms with Crippen molar-refractivity contribution in [3.05, 3.63) is 71.5 Å². The van der Waals surface area contributed by atoms with Gasteiger partial charge in [0.2, 0.25) is 5.69 Å². The number of benzene rings is 2. The molecule has 0 aliphatic carbocycles. The molecule has 13 nitrogen and oxygen atoms in total. The monoisotopic (exact) mass is 768 g/mol. The molecule has 1 N–H and O–H groups in total. The Morgan fingerprint density at radius 1 is 0.820 bits per heavy atom. The van der Waals surface area contributed by atoms with Crippen molar-refractivity contribution in [2.45, 2.75) is 80.4 Å². The molecule has 0 aromatic heterocycles. The summed E-state index contributed by atoms with van der Waals surface area (Å²) in [7, 11) is -14.0. The molecule has 262 valence electrons. The summed E-state index contributed by atoms with van der Waals surface area (Å²) in [5.74, 6) is -1.49. The number of carboxylic acid groups (broad SMARTS) is 1. The smallest absolute Gasteiger partial charge is 0.748 e. The summed E-state index contributed by atoms with van der Waals surface area (Å²) < 4.78 is 107. The fourth-order valence-electron chi connectivity index (χ4n) is 6.45. The number of allylic oxidation sites excluding steroid dienone is 4. The zero-order chi connectivity index (χ0) is 35.9. The van der Waals surface area contributed by atoms with Crippen LogP contribution < -0.4 is 64.0 Å². The number of rotatable bonds is 14. The molecule has 0 saturated heterocycles. The van der Waals surface area contributed by atoms with Gasteiger partial charge < -0.3 is 23.7 Å². The van der Waals surface area contributed by atoms with E-state index in [4.69, 9.17) is 5.11 Å². The van der Waals surface area contributed by atoms with E-state index in [1.54, 1.807) is 22.8 Å². The van der Waals surface area contributed by atoms with Crippen LogP contribution in [0.15, 0.2) is 70.1 Å². The fraction of sp³-hybridized carbons (Fsp3) is 0.438. The normalized spacial score (nSPS) is 17.4. The number of unbranched alkanes of at least 4 members (excludes halogenated alkanes) is 2. The number of hydrogen-bond donors (Lipinski definition) is 1. The quantitative estimate of drug-likeness (QED) is 0.0930. The van der Waals surface area contributed by atoms with Crippen molar-refractivity contribution in [1.82, 2.24) is 0 Å². The predicted octanol–water partition coefficient (Wildman–Crippen LogP) is -2.30. The van der Waals surface area contributed by atoms with Crippen molar-refractivity contribution >= 4 is 53.4 Å². The number of nitrogens with zero attached hydrogens (tertiary/aromatic N) is 2. The summed E-state index contributed by atoms with van der Waals surface area (Å²) in [5.41, 5.74) is 2.22. The van der Waals surface area contributed by atoms with Crippen LogP contribution in [0.25, 0.3) is 0 Å². The van der Waals surface area contributed by atoms with Crippen molar-refractivity contribution in [1.29, 1.82) is 0 Å². The molecule has 2 aliphatic rings. The van der Waals surface area contributed by atoms with Crippen LogP contribution in [-0.4, -0.2) is 79.1 Å². The summed E-state index contributed by atoms with van der Waals surface area (Å²) in [5, 5.41) is 9.00. The minimum atomic E-state index is -4.77. The van der Waals surface area contributed by atoms with Gasteiger partial charge >= 0.3 is 65.1 Å². The van der Waals surface area contributed by atoms with E-state index in [0.29, 0.717) is 54.0 Å². The fourth-order valence-corrected chi connectivity index (χ4v) is 7.93. The maximum Gasteiger partial charge on any atom is 1.00 e. The van der Waals surface area contributed by atoms with Gasteiger partial charge in [-0.3, -0.25) is 4.79 Å². The number of carbonyl (C=O) groups is 1. The van der Waals surface area contributed by atoms with E-state index >= 15 is 0 Å². The molecule has 2 aromatic carbocycles. The maximum absolute atomic E-state index is 11.9. The van der Waals surface area contributed by atoms with Gasteiger partial charge in [-0.2, -0.15) is 4.58 Å². The van der Waals surface area contributed by atoms with E-state index in [2.05, 4.69) is 0 Å². The van der Waals surface area contributed by atoms with Crippen molar-refractivity contribution in [2.75, 3.05) is 23.7 Å². The summed E-state index contributed by atoms with van der Waals surface area (Å²) >= 11 is 0. The van der Waals surface area contributed by atoms with Gasteiger partial charge in [0.15, 0.2) is 5.71 Å². The predicted molar refractivity (Wildman–Crippen MR) is 175 cm³/mol. The van der Waals surface area contributed by atoms with Crippen LogP contribution in [-0.2, 0) is 46.0 Å². The van der Waals surface area contributed by atoms with Gasteiger partial charge in [-0.15, -0.1) is 0 Å². The Morgan fingerprint density at radius 2 is 1.40 bits per heavy atom. The Bertz CT molecular complexity index is 2060. The van der Waals surface area contributed by atoms with Gasteiger partial charge in [0.25, 0.3) is 0 Å². The summed E-state index contributed by atoms with van der Waals surface area (Å²) in [6.45, 7) is 8.03. The minimum absolute atomic E-state index is 0. The first-order valence-electron chi connectivity index (χ1n) is 15.2. The van der Waals surface area contributed by atoms with Crippen LogP contribution in [0.5, 0.6) is 0 Å². The third kappa shape index (κ3) is 10.2. The van der Waals surface area contributed by atoms with E-state index in [-0.39, 0.29) is 83.4 Å². The first-order chi connectivity index (χ1) is 22.0. The zero-order valence-corrected chi connectivity index (χ0v) is 35.5. The van der Waals surface area contributed by atoms with Crippen molar-refractivity contribution in [2.24, 2.45) is 0 Å². The van der Waals surface area contributed by atoms with E-state index in [0.717, 1.165) is 5.70 Å². The van der Waals surface area contributed by atoms with Crippen LogP contribution in [0, 0.1) is 0 Å². The van der Waals surface area contributed by atoms with E-state index in [1.165, 1.54) is 30.3 Å². The molecule has 4 rings (SSSR count). The first-order valence-corrected chi connectivity index (χ1v) is 19.6. The average Bonchev–Trinajstić information content (AvgIpc) is 3.29. The summed E-state index contributed by atoms with van der Waals surface area (Å²) in [6.07, 6.45) is 7.15. The number of hydrogen-bond acceptors (Lipinski definition) is 11. The number of aliphatic carboxylic acids is 1. The molecule has 0 saturated carbocycles. The summed E-state index contributed by atoms with van der Waals surface area (Å²) in [4.78, 5) is 12.2. The van der Waals surface area contributed by atoms with E-state index in [1.807, 2.05) is 38.7 Å². The maximum atomic E-state index is 11.9. The first kappa shape index (κ1) is 44.7. The standard InChI is InChI=1S/C32H40N2O11S3.2Na/c1-31(2)24-20-22(47(40,41)42)13-15-26(24)33(17-7-5-6-12-30(35)36)28(31)10-8-11-29-32(3,4)25-21-23(48(43,44)45)14-16-27(25)34(29)18-9-19-46(37,38)39;;/h8,10-11,13-16,20-21H,5-7,9,12,17-19H2,1-4H3,(H3-,35,36,37,38,39,40,41,42,43,44,45);;/q;2*+1/p-2. The third-order valence-corrected chi connectivity index (χ3v) is 11.3. The molecule has 0 bridgehead atoms. The van der Waals surface area contributed by atoms with Crippen molar-refractivity contribution < 1.29 is 113 Å². The Balaban J connectivity index is 0.00000433. The molecule has 0 amide bonds. The summed E-state index contributed by atoms with van der Waals surface area (Å²) in [6, 6.07) is 8.20. The van der Waals surface area contributed by atoms with Gasteiger partial charge in [0.05, 0.1) is 25.3 Å². The van der Waals surface area contributed by atoms with Gasteiger partial charge in [0.1, 0.15) is 26.8 Å². The molecule has 0 spiro atoms. The second-order valence-electron chi connectivity index (χ2n) is 12.9. The molecular weight excluding hydrogens is 731 g/mol. The van der Waals surface area contributed by atoms with Gasteiger partial charge in [-0.1, -0.05) is 26.3 Å². The van der Waals surface area contributed by atoms with Crippen LogP contribution >= 0.6 is 0 Å². The Morgan fingerprint density at radius 3 is 1.96 bits per heavy atom. The minimum Gasteiger partial charge on any atom is -0.748 e. The number of carboxylic acids is 1. The van der Waals surface area contributed by atoms with E-state index in [9.17, 15) is 43.7 Å². The van der Waals surface area contributed by atoms with Crippen molar-refractivity contribution in [3.8, 4) is 0 Å². The molecule has 0 unspecified atom stereocenters. The molecule has 0 fully saturated rings. The average molecular weight is 769 g/mol. The van der Waals surface area contributed by atoms with Crippen LogP contribution in [0.1, 0.15) is 70.9 Å². The molecule has 2 aromatic rings. The third-order valence-electron chi connectivity index (χ3n) is 8.86. The molecule has 18 heteroatoms.